The summed E-state index contributed by atoms with van der Waals surface area (Å²) < 4.78 is 10.9. The van der Waals surface area contributed by atoms with E-state index in [1.165, 1.54) is 22.3 Å². The van der Waals surface area contributed by atoms with Crippen LogP contribution in [0.1, 0.15) is 16.7 Å². The van der Waals surface area contributed by atoms with Crippen LogP contribution in [0.15, 0.2) is 30.3 Å². The van der Waals surface area contributed by atoms with Gasteiger partial charge in [0.15, 0.2) is 0 Å². The first kappa shape index (κ1) is 15.4. The highest BCUT2D eigenvalue weighted by atomic mass is 16.5. The number of methoxy groups -OCH3 is 2. The van der Waals surface area contributed by atoms with Gasteiger partial charge in [-0.05, 0) is 61.3 Å². The summed E-state index contributed by atoms with van der Waals surface area (Å²) in [5, 5.41) is 3.22. The molecule has 2 aromatic carbocycles. The number of hydrogen-bond donors (Lipinski definition) is 1. The van der Waals surface area contributed by atoms with Crippen LogP contribution in [0.2, 0.25) is 0 Å². The van der Waals surface area contributed by atoms with Crippen LogP contribution in [0.3, 0.4) is 0 Å². The number of benzene rings is 2. The second-order valence-corrected chi connectivity index (χ2v) is 5.21. The molecule has 0 unspecified atom stereocenters. The molecule has 0 aliphatic rings. The fourth-order valence-electron chi connectivity index (χ4n) is 2.71. The molecule has 1 N–H and O–H groups in total. The molecule has 0 bridgehead atoms. The van der Waals surface area contributed by atoms with Crippen molar-refractivity contribution in [2.45, 2.75) is 20.4 Å². The zero-order valence-corrected chi connectivity index (χ0v) is 13.4. The second kappa shape index (κ2) is 6.64. The Morgan fingerprint density at radius 3 is 2.38 bits per heavy atom. The highest BCUT2D eigenvalue weighted by molar-refractivity contribution is 5.77. The molecule has 3 nitrogen and oxygen atoms in total. The van der Waals surface area contributed by atoms with Crippen molar-refractivity contribution in [1.82, 2.24) is 5.32 Å². The van der Waals surface area contributed by atoms with Crippen LogP contribution < -0.4 is 14.8 Å². The molecule has 0 fully saturated rings. The summed E-state index contributed by atoms with van der Waals surface area (Å²) in [6, 6.07) is 10.4. The first-order valence-electron chi connectivity index (χ1n) is 7.07. The molecule has 0 aliphatic heterocycles. The first-order valence-corrected chi connectivity index (χ1v) is 7.07. The van der Waals surface area contributed by atoms with E-state index in [4.69, 9.17) is 9.47 Å². The third-order valence-electron chi connectivity index (χ3n) is 3.61. The molecule has 0 atom stereocenters. The summed E-state index contributed by atoms with van der Waals surface area (Å²) in [4.78, 5) is 0. The molecular weight excluding hydrogens is 262 g/mol. The van der Waals surface area contributed by atoms with Gasteiger partial charge in [-0.15, -0.1) is 0 Å². The van der Waals surface area contributed by atoms with Crippen LogP contribution >= 0.6 is 0 Å². The third-order valence-corrected chi connectivity index (χ3v) is 3.61. The van der Waals surface area contributed by atoms with Crippen LogP contribution in [0.5, 0.6) is 11.5 Å². The highest BCUT2D eigenvalue weighted by Gasteiger charge is 2.14. The highest BCUT2D eigenvalue weighted by Crippen LogP contribution is 2.37. The first-order chi connectivity index (χ1) is 10.1. The van der Waals surface area contributed by atoms with E-state index in [2.05, 4.69) is 43.4 Å². The molecular formula is C18H23NO2. The maximum Gasteiger partial charge on any atom is 0.127 e. The monoisotopic (exact) mass is 285 g/mol. The normalized spacial score (nSPS) is 10.5. The summed E-state index contributed by atoms with van der Waals surface area (Å²) in [7, 11) is 5.36. The van der Waals surface area contributed by atoms with Gasteiger partial charge in [0, 0.05) is 12.1 Å². The number of ether oxygens (including phenoxy) is 2. The third kappa shape index (κ3) is 3.19. The van der Waals surface area contributed by atoms with Gasteiger partial charge in [-0.2, -0.15) is 0 Å². The Morgan fingerprint density at radius 1 is 1.00 bits per heavy atom. The Balaban J connectivity index is 2.66. The smallest absolute Gasteiger partial charge is 0.127 e. The SMILES string of the molecule is CNCc1cc(OC)ccc1-c1c(C)cc(C)cc1OC. The zero-order valence-electron chi connectivity index (χ0n) is 13.4. The van der Waals surface area contributed by atoms with E-state index in [1.807, 2.05) is 13.1 Å². The zero-order chi connectivity index (χ0) is 15.4. The standard InChI is InChI=1S/C18H23NO2/c1-12-8-13(2)18(17(9-12)21-5)16-7-6-15(20-4)10-14(16)11-19-3/h6-10,19H,11H2,1-5H3. The molecule has 0 spiro atoms. The van der Waals surface area contributed by atoms with Gasteiger partial charge in [0.2, 0.25) is 0 Å². The van der Waals surface area contributed by atoms with Gasteiger partial charge in [-0.1, -0.05) is 12.1 Å². The quantitative estimate of drug-likeness (QED) is 0.908. The minimum Gasteiger partial charge on any atom is -0.497 e. The Bertz CT molecular complexity index is 635. The van der Waals surface area contributed by atoms with E-state index in [0.29, 0.717) is 0 Å². The van der Waals surface area contributed by atoms with Crippen LogP contribution in [0.25, 0.3) is 11.1 Å². The Labute approximate surface area is 126 Å². The molecule has 0 radical (unpaired) electrons. The Morgan fingerprint density at radius 2 is 1.76 bits per heavy atom. The number of nitrogens with one attached hydrogen (secondary N) is 1. The van der Waals surface area contributed by atoms with E-state index in [1.54, 1.807) is 14.2 Å². The van der Waals surface area contributed by atoms with Gasteiger partial charge in [-0.25, -0.2) is 0 Å². The molecule has 0 aliphatic carbocycles. The predicted octanol–water partition coefficient (Wildman–Crippen LogP) is 3.71. The maximum absolute atomic E-state index is 5.60. The van der Waals surface area contributed by atoms with E-state index >= 15 is 0 Å². The van der Waals surface area contributed by atoms with Crippen molar-refractivity contribution in [3.05, 3.63) is 47.0 Å². The molecule has 0 heterocycles. The lowest BCUT2D eigenvalue weighted by molar-refractivity contribution is 0.413. The minimum absolute atomic E-state index is 0.781. The van der Waals surface area contributed by atoms with Crippen LogP contribution in [0, 0.1) is 13.8 Å². The number of hydrogen-bond acceptors (Lipinski definition) is 3. The van der Waals surface area contributed by atoms with Crippen molar-refractivity contribution in [1.29, 1.82) is 0 Å². The van der Waals surface area contributed by atoms with Crippen molar-refractivity contribution < 1.29 is 9.47 Å². The lowest BCUT2D eigenvalue weighted by Crippen LogP contribution is -2.07. The molecule has 0 saturated carbocycles. The molecule has 2 aromatic rings. The van der Waals surface area contributed by atoms with E-state index < -0.39 is 0 Å². The van der Waals surface area contributed by atoms with E-state index in [9.17, 15) is 0 Å². The Hall–Kier alpha value is -2.00. The van der Waals surface area contributed by atoms with Crippen LogP contribution in [0.4, 0.5) is 0 Å². The summed E-state index contributed by atoms with van der Waals surface area (Å²) in [5.74, 6) is 1.78. The molecule has 2 rings (SSSR count). The molecule has 0 saturated heterocycles. The fourth-order valence-corrected chi connectivity index (χ4v) is 2.71. The molecule has 21 heavy (non-hydrogen) atoms. The minimum atomic E-state index is 0.781. The van der Waals surface area contributed by atoms with Crippen molar-refractivity contribution in [2.24, 2.45) is 0 Å². The summed E-state index contributed by atoms with van der Waals surface area (Å²) >= 11 is 0. The summed E-state index contributed by atoms with van der Waals surface area (Å²) in [6.07, 6.45) is 0. The molecule has 3 heteroatoms. The maximum atomic E-state index is 5.60. The predicted molar refractivity (Wildman–Crippen MR) is 87.2 cm³/mol. The van der Waals surface area contributed by atoms with Gasteiger partial charge in [0.25, 0.3) is 0 Å². The average molecular weight is 285 g/mol. The van der Waals surface area contributed by atoms with Crippen molar-refractivity contribution >= 4 is 0 Å². The van der Waals surface area contributed by atoms with Crippen LogP contribution in [-0.2, 0) is 6.54 Å². The fraction of sp³-hybridized carbons (Fsp3) is 0.333. The number of aryl methyl sites for hydroxylation is 2. The average Bonchev–Trinajstić information content (AvgIpc) is 2.47. The second-order valence-electron chi connectivity index (χ2n) is 5.21. The van der Waals surface area contributed by atoms with E-state index in [-0.39, 0.29) is 0 Å². The lowest BCUT2D eigenvalue weighted by atomic mass is 9.93. The largest absolute Gasteiger partial charge is 0.497 e. The van der Waals surface area contributed by atoms with Crippen LogP contribution in [-0.4, -0.2) is 21.3 Å². The number of rotatable bonds is 5. The van der Waals surface area contributed by atoms with Gasteiger partial charge < -0.3 is 14.8 Å². The summed E-state index contributed by atoms with van der Waals surface area (Å²) in [5.41, 5.74) is 5.95. The summed E-state index contributed by atoms with van der Waals surface area (Å²) in [6.45, 7) is 4.99. The van der Waals surface area contributed by atoms with Gasteiger partial charge in [-0.3, -0.25) is 0 Å². The van der Waals surface area contributed by atoms with Gasteiger partial charge in [0.1, 0.15) is 11.5 Å². The Kier molecular flexibility index (Phi) is 4.86. The van der Waals surface area contributed by atoms with Gasteiger partial charge in [0.05, 0.1) is 14.2 Å². The molecule has 0 amide bonds. The lowest BCUT2D eigenvalue weighted by Gasteiger charge is -2.17. The molecule has 0 aromatic heterocycles. The molecule has 112 valence electrons. The van der Waals surface area contributed by atoms with E-state index in [0.717, 1.165) is 23.6 Å². The topological polar surface area (TPSA) is 30.5 Å². The van der Waals surface area contributed by atoms with Crippen molar-refractivity contribution in [3.8, 4) is 22.6 Å². The van der Waals surface area contributed by atoms with Crippen molar-refractivity contribution in [3.63, 3.8) is 0 Å². The van der Waals surface area contributed by atoms with Crippen molar-refractivity contribution in [2.75, 3.05) is 21.3 Å². The van der Waals surface area contributed by atoms with Gasteiger partial charge >= 0.3 is 0 Å².